The normalized spacial score (nSPS) is 16.2. The first kappa shape index (κ1) is 25.5. The van der Waals surface area contributed by atoms with Crippen LogP contribution in [0.2, 0.25) is 0 Å². The Kier molecular flexibility index (Phi) is 7.27. The lowest BCUT2D eigenvalue weighted by Crippen LogP contribution is -2.36. The van der Waals surface area contributed by atoms with E-state index in [9.17, 15) is 28.0 Å². The number of carbonyl (C=O) groups excluding carboxylic acids is 3. The first-order valence-corrected chi connectivity index (χ1v) is 11.1. The van der Waals surface area contributed by atoms with Gasteiger partial charge in [0.15, 0.2) is 5.69 Å². The summed E-state index contributed by atoms with van der Waals surface area (Å²) in [6.45, 7) is -1.12. The summed E-state index contributed by atoms with van der Waals surface area (Å²) in [7, 11) is 1.26. The molecule has 1 amide bonds. The Morgan fingerprint density at radius 1 is 1.00 bits per heavy atom. The fraction of sp³-hybridized carbons (Fsp3) is 0.240. The number of likely N-dealkylation sites (tertiary alicyclic amines) is 1. The number of hydrogen-bond donors (Lipinski definition) is 0. The van der Waals surface area contributed by atoms with Crippen LogP contribution in [0.5, 0.6) is 0 Å². The van der Waals surface area contributed by atoms with Gasteiger partial charge in [-0.15, -0.1) is 0 Å². The highest BCUT2D eigenvalue weighted by Crippen LogP contribution is 2.40. The van der Waals surface area contributed by atoms with E-state index in [1.807, 2.05) is 0 Å². The van der Waals surface area contributed by atoms with Crippen LogP contribution in [0.1, 0.15) is 44.7 Å². The van der Waals surface area contributed by atoms with Crippen LogP contribution in [-0.2, 0) is 28.2 Å². The highest BCUT2D eigenvalue weighted by molar-refractivity contribution is 5.91. The molecule has 0 bridgehead atoms. The van der Waals surface area contributed by atoms with Crippen molar-refractivity contribution in [2.75, 3.05) is 6.54 Å². The fourth-order valence-corrected chi connectivity index (χ4v) is 3.74. The summed E-state index contributed by atoms with van der Waals surface area (Å²) in [6.07, 6.45) is -1.89. The molecule has 1 aromatic heterocycles. The van der Waals surface area contributed by atoms with Crippen molar-refractivity contribution >= 4 is 18.0 Å². The molecule has 0 N–H and O–H groups in total. The number of aromatic nitrogens is 2. The minimum atomic E-state index is -3.30. The topological polar surface area (TPSA) is 117 Å². The van der Waals surface area contributed by atoms with E-state index in [1.165, 1.54) is 19.2 Å². The maximum Gasteiger partial charge on any atom is 0.410 e. The van der Waals surface area contributed by atoms with Gasteiger partial charge in [0.1, 0.15) is 12.4 Å². The molecule has 192 valence electrons. The monoisotopic (exact) mass is 513 g/mol. The predicted molar refractivity (Wildman–Crippen MR) is 122 cm³/mol. The third-order valence-corrected chi connectivity index (χ3v) is 5.59. The molecule has 12 heteroatoms. The van der Waals surface area contributed by atoms with Crippen LogP contribution < -0.4 is 5.56 Å². The lowest BCUT2D eigenvalue weighted by atomic mass is 10.1. The van der Waals surface area contributed by atoms with Crippen molar-refractivity contribution in [1.82, 2.24) is 14.5 Å². The van der Waals surface area contributed by atoms with Crippen molar-refractivity contribution in [3.63, 3.8) is 0 Å². The number of nitrogens with zero attached hydrogens (tertiary/aromatic N) is 3. The third kappa shape index (κ3) is 5.97. The number of alkyl halides is 2. The maximum atomic E-state index is 14.4. The number of ether oxygens (including phenoxy) is 1. The smallest absolute Gasteiger partial charge is 0.410 e. The minimum Gasteiger partial charge on any atom is -0.445 e. The van der Waals surface area contributed by atoms with Gasteiger partial charge < -0.3 is 4.74 Å². The van der Waals surface area contributed by atoms with E-state index in [0.717, 1.165) is 15.5 Å². The molecule has 1 atom stereocenters. The summed E-state index contributed by atoms with van der Waals surface area (Å²) >= 11 is 0. The first-order valence-electron chi connectivity index (χ1n) is 11.1. The molecule has 3 aromatic rings. The van der Waals surface area contributed by atoms with E-state index >= 15 is 0 Å². The van der Waals surface area contributed by atoms with E-state index in [4.69, 9.17) is 4.74 Å². The van der Waals surface area contributed by atoms with Gasteiger partial charge in [0.25, 0.3) is 11.5 Å². The van der Waals surface area contributed by atoms with Gasteiger partial charge in [-0.1, -0.05) is 48.5 Å². The molecule has 37 heavy (non-hydrogen) atoms. The zero-order valence-corrected chi connectivity index (χ0v) is 19.5. The third-order valence-electron chi connectivity index (χ3n) is 5.59. The van der Waals surface area contributed by atoms with Crippen LogP contribution in [0, 0.1) is 0 Å². The van der Waals surface area contributed by atoms with Crippen molar-refractivity contribution in [2.45, 2.75) is 25.0 Å². The molecule has 1 fully saturated rings. The maximum absolute atomic E-state index is 14.4. The zero-order valence-electron chi connectivity index (χ0n) is 19.5. The second-order valence-corrected chi connectivity index (χ2v) is 8.25. The second-order valence-electron chi connectivity index (χ2n) is 8.25. The van der Waals surface area contributed by atoms with Gasteiger partial charge in [0.2, 0.25) is 0 Å². The molecule has 0 aliphatic carbocycles. The Hall–Kier alpha value is -4.61. The summed E-state index contributed by atoms with van der Waals surface area (Å²) in [6, 6.07) is 15.7. The molecule has 4 rings (SSSR count). The molecule has 0 saturated carbocycles. The highest BCUT2D eigenvalue weighted by Gasteiger charge is 2.50. The Morgan fingerprint density at radius 2 is 1.62 bits per heavy atom. The van der Waals surface area contributed by atoms with E-state index in [-0.39, 0.29) is 18.0 Å². The summed E-state index contributed by atoms with van der Waals surface area (Å²) in [5.41, 5.74) is -0.615. The number of benzene rings is 2. The molecule has 2 heterocycles. The molecule has 0 spiro atoms. The predicted octanol–water partition coefficient (Wildman–Crippen LogP) is 3.43. The quantitative estimate of drug-likeness (QED) is 0.376. The standard InChI is InChI=1S/C25H21F2N3O7/c1-29-20(31)12-18(23(33)37-36-22(32)17-10-6-3-7-11-17)28-21(29)19-13-25(26,27)15-30(19)24(34)35-14-16-8-4-2-5-9-16/h2-12,19H,13-15H2,1H3/t19-/m0/s1. The van der Waals surface area contributed by atoms with Gasteiger partial charge >= 0.3 is 18.0 Å². The van der Waals surface area contributed by atoms with Crippen LogP contribution in [0.3, 0.4) is 0 Å². The van der Waals surface area contributed by atoms with E-state index in [2.05, 4.69) is 14.8 Å². The van der Waals surface area contributed by atoms with Crippen molar-refractivity contribution in [3.05, 3.63) is 99.7 Å². The number of hydrogen-bond acceptors (Lipinski definition) is 8. The summed E-state index contributed by atoms with van der Waals surface area (Å²) in [4.78, 5) is 63.5. The summed E-state index contributed by atoms with van der Waals surface area (Å²) in [5, 5.41) is 0. The molecular weight excluding hydrogens is 492 g/mol. The Balaban J connectivity index is 1.53. The van der Waals surface area contributed by atoms with E-state index in [0.29, 0.717) is 5.56 Å². The Bertz CT molecular complexity index is 1360. The van der Waals surface area contributed by atoms with Gasteiger partial charge in [0, 0.05) is 19.5 Å². The van der Waals surface area contributed by atoms with Gasteiger partial charge in [-0.3, -0.25) is 14.3 Å². The van der Waals surface area contributed by atoms with Crippen molar-refractivity contribution in [3.8, 4) is 0 Å². The van der Waals surface area contributed by atoms with E-state index < -0.39 is 54.2 Å². The summed E-state index contributed by atoms with van der Waals surface area (Å²) < 4.78 is 34.9. The van der Waals surface area contributed by atoms with Crippen LogP contribution in [0.15, 0.2) is 71.5 Å². The second kappa shape index (κ2) is 10.6. The number of halogens is 2. The molecule has 2 aromatic carbocycles. The van der Waals surface area contributed by atoms with Crippen LogP contribution in [-0.4, -0.2) is 45.0 Å². The minimum absolute atomic E-state index is 0.103. The van der Waals surface area contributed by atoms with E-state index in [1.54, 1.807) is 48.5 Å². The van der Waals surface area contributed by atoms with Gasteiger partial charge in [-0.05, 0) is 17.7 Å². The molecule has 1 aliphatic rings. The average molecular weight is 513 g/mol. The average Bonchev–Trinajstić information content (AvgIpc) is 3.23. The largest absolute Gasteiger partial charge is 0.445 e. The number of amides is 1. The van der Waals surface area contributed by atoms with Crippen LogP contribution in [0.25, 0.3) is 0 Å². The molecular formula is C25H21F2N3O7. The van der Waals surface area contributed by atoms with Crippen LogP contribution >= 0.6 is 0 Å². The Morgan fingerprint density at radius 3 is 2.30 bits per heavy atom. The number of rotatable bonds is 5. The van der Waals surface area contributed by atoms with Crippen LogP contribution in [0.4, 0.5) is 13.6 Å². The molecule has 1 saturated heterocycles. The first-order chi connectivity index (χ1) is 17.6. The molecule has 10 nitrogen and oxygen atoms in total. The molecule has 0 unspecified atom stereocenters. The van der Waals surface area contributed by atoms with Crippen molar-refractivity contribution < 1.29 is 37.7 Å². The van der Waals surface area contributed by atoms with Gasteiger partial charge in [0.05, 0.1) is 18.2 Å². The number of carbonyl (C=O) groups is 3. The highest BCUT2D eigenvalue weighted by atomic mass is 19.3. The fourth-order valence-electron chi connectivity index (χ4n) is 3.74. The molecule has 0 radical (unpaired) electrons. The lowest BCUT2D eigenvalue weighted by Gasteiger charge is -2.24. The van der Waals surface area contributed by atoms with Gasteiger partial charge in [-0.2, -0.15) is 0 Å². The lowest BCUT2D eigenvalue weighted by molar-refractivity contribution is -0.187. The zero-order chi connectivity index (χ0) is 26.6. The van der Waals surface area contributed by atoms with Crippen molar-refractivity contribution in [1.29, 1.82) is 0 Å². The van der Waals surface area contributed by atoms with Gasteiger partial charge in [-0.25, -0.2) is 37.9 Å². The SMILES string of the molecule is Cn1c([C@@H]2CC(F)(F)CN2C(=O)OCc2ccccc2)nc(C(=O)OOC(=O)c2ccccc2)cc1=O. The Labute approximate surface area is 208 Å². The summed E-state index contributed by atoms with van der Waals surface area (Å²) in [5.74, 6) is -5.86. The molecule has 1 aliphatic heterocycles. The van der Waals surface area contributed by atoms with Crippen molar-refractivity contribution in [2.24, 2.45) is 7.05 Å².